The van der Waals surface area contributed by atoms with E-state index in [1.165, 1.54) is 6.20 Å². The lowest BCUT2D eigenvalue weighted by Crippen LogP contribution is -2.25. The van der Waals surface area contributed by atoms with E-state index in [1.807, 2.05) is 0 Å². The van der Waals surface area contributed by atoms with Crippen molar-refractivity contribution in [1.82, 2.24) is 0 Å². The molecule has 0 saturated heterocycles. The van der Waals surface area contributed by atoms with Gasteiger partial charge in [0.05, 0.1) is 23.2 Å². The molecule has 2 aliphatic rings. The number of hydrogen-bond acceptors (Lipinski definition) is 3. The summed E-state index contributed by atoms with van der Waals surface area (Å²) in [5.41, 5.74) is 0.763. The number of carbonyl (C=O) groups excluding carboxylic acids is 1. The average Bonchev–Trinajstić information content (AvgIpc) is 2.23. The van der Waals surface area contributed by atoms with Crippen molar-refractivity contribution in [1.29, 1.82) is 0 Å². The molecule has 2 rings (SSSR count). The first-order valence-corrected chi connectivity index (χ1v) is 4.93. The number of ketones is 1. The second-order valence-corrected chi connectivity index (χ2v) is 3.83. The van der Waals surface area contributed by atoms with Crippen molar-refractivity contribution in [2.24, 2.45) is 10.9 Å². The van der Waals surface area contributed by atoms with Gasteiger partial charge in [0, 0.05) is 6.20 Å². The molecule has 0 aromatic carbocycles. The molecule has 1 aliphatic carbocycles. The van der Waals surface area contributed by atoms with Crippen molar-refractivity contribution in [2.75, 3.05) is 7.11 Å². The van der Waals surface area contributed by atoms with Crippen LogP contribution in [0, 0.1) is 5.92 Å². The van der Waals surface area contributed by atoms with Crippen molar-refractivity contribution in [3.8, 4) is 0 Å². The molecule has 14 heavy (non-hydrogen) atoms. The van der Waals surface area contributed by atoms with E-state index < -0.39 is 0 Å². The van der Waals surface area contributed by atoms with E-state index in [4.69, 9.17) is 4.74 Å². The van der Waals surface area contributed by atoms with Gasteiger partial charge in [-0.15, -0.1) is 0 Å². The summed E-state index contributed by atoms with van der Waals surface area (Å²) in [4.78, 5) is 15.8. The Morgan fingerprint density at radius 2 is 2.29 bits per heavy atom. The lowest BCUT2D eigenvalue weighted by molar-refractivity contribution is -0.115. The van der Waals surface area contributed by atoms with Crippen LogP contribution in [0.5, 0.6) is 0 Å². The Bertz CT molecular complexity index is 404. The van der Waals surface area contributed by atoms with E-state index in [9.17, 15) is 4.79 Å². The lowest BCUT2D eigenvalue weighted by atomic mass is 9.92. The summed E-state index contributed by atoms with van der Waals surface area (Å²) >= 11 is 3.17. The summed E-state index contributed by atoms with van der Waals surface area (Å²) in [5.74, 6) is 0.424. The second kappa shape index (κ2) is 3.53. The summed E-state index contributed by atoms with van der Waals surface area (Å²) < 4.78 is 5.56. The molecule has 1 heterocycles. The zero-order chi connectivity index (χ0) is 10.1. The van der Waals surface area contributed by atoms with E-state index >= 15 is 0 Å². The van der Waals surface area contributed by atoms with Crippen molar-refractivity contribution in [3.05, 3.63) is 34.7 Å². The second-order valence-electron chi connectivity index (χ2n) is 2.98. The van der Waals surface area contributed by atoms with E-state index in [0.717, 1.165) is 5.71 Å². The zero-order valence-corrected chi connectivity index (χ0v) is 9.11. The predicted molar refractivity (Wildman–Crippen MR) is 57.2 cm³/mol. The standard InChI is InChI=1S/C10H8BrNO2/c1-14-6-2-3-9-7(4-6)10(13)8(11)5-12-9/h2-5,7H,1H3. The quantitative estimate of drug-likeness (QED) is 0.717. The number of hydrogen-bond donors (Lipinski definition) is 0. The molecule has 1 atom stereocenters. The summed E-state index contributed by atoms with van der Waals surface area (Å²) in [6.07, 6.45) is 6.91. The first-order valence-electron chi connectivity index (χ1n) is 4.14. The normalized spacial score (nSPS) is 24.9. The third-order valence-corrected chi connectivity index (χ3v) is 2.74. The molecule has 0 aromatic heterocycles. The molecule has 0 saturated carbocycles. The summed E-state index contributed by atoms with van der Waals surface area (Å²) in [6, 6.07) is 0. The van der Waals surface area contributed by atoms with Crippen LogP contribution in [0.4, 0.5) is 0 Å². The fourth-order valence-corrected chi connectivity index (χ4v) is 1.74. The SMILES string of the molecule is COC1=CC2C(=O)C(Br)=CN=C2C=C1. The lowest BCUT2D eigenvalue weighted by Gasteiger charge is -2.19. The number of nitrogens with zero attached hydrogens (tertiary/aromatic N) is 1. The number of methoxy groups -OCH3 is 1. The van der Waals surface area contributed by atoms with E-state index in [-0.39, 0.29) is 11.7 Å². The van der Waals surface area contributed by atoms with Crippen LogP contribution >= 0.6 is 15.9 Å². The molecule has 1 unspecified atom stereocenters. The molecule has 0 spiro atoms. The van der Waals surface area contributed by atoms with Gasteiger partial charge in [-0.05, 0) is 34.2 Å². The number of ether oxygens (including phenoxy) is 1. The number of carbonyl (C=O) groups is 1. The number of halogens is 1. The molecule has 72 valence electrons. The minimum atomic E-state index is -0.297. The molecule has 0 radical (unpaired) electrons. The van der Waals surface area contributed by atoms with Crippen LogP contribution < -0.4 is 0 Å². The van der Waals surface area contributed by atoms with Gasteiger partial charge >= 0.3 is 0 Å². The summed E-state index contributed by atoms with van der Waals surface area (Å²) in [7, 11) is 1.58. The Hall–Kier alpha value is -1.16. The average molecular weight is 254 g/mol. The highest BCUT2D eigenvalue weighted by molar-refractivity contribution is 9.12. The highest BCUT2D eigenvalue weighted by Crippen LogP contribution is 2.25. The molecule has 0 aromatic rings. The minimum absolute atomic E-state index is 0.0221. The maximum atomic E-state index is 11.7. The van der Waals surface area contributed by atoms with Crippen LogP contribution in [-0.2, 0) is 9.53 Å². The fourth-order valence-electron chi connectivity index (χ4n) is 1.39. The Labute approximate surface area is 90.0 Å². The maximum absolute atomic E-state index is 11.7. The van der Waals surface area contributed by atoms with E-state index in [2.05, 4.69) is 20.9 Å². The number of fused-ring (bicyclic) bond motifs is 1. The monoisotopic (exact) mass is 253 g/mol. The zero-order valence-electron chi connectivity index (χ0n) is 7.53. The topological polar surface area (TPSA) is 38.7 Å². The van der Waals surface area contributed by atoms with Gasteiger partial charge in [-0.2, -0.15) is 0 Å². The van der Waals surface area contributed by atoms with Crippen LogP contribution in [0.2, 0.25) is 0 Å². The first-order chi connectivity index (χ1) is 6.72. The molecule has 0 N–H and O–H groups in total. The molecule has 0 fully saturated rings. The Morgan fingerprint density at radius 1 is 1.50 bits per heavy atom. The maximum Gasteiger partial charge on any atom is 0.184 e. The number of Topliss-reactive ketones (excluding diaryl/α,β-unsaturated/α-hetero) is 1. The van der Waals surface area contributed by atoms with Crippen LogP contribution in [-0.4, -0.2) is 18.6 Å². The molecule has 4 heteroatoms. The van der Waals surface area contributed by atoms with Crippen molar-refractivity contribution in [2.45, 2.75) is 0 Å². The highest BCUT2D eigenvalue weighted by Gasteiger charge is 2.28. The van der Waals surface area contributed by atoms with Gasteiger partial charge in [0.1, 0.15) is 5.76 Å². The Kier molecular flexibility index (Phi) is 2.37. The predicted octanol–water partition coefficient (Wildman–Crippen LogP) is 1.96. The van der Waals surface area contributed by atoms with E-state index in [1.54, 1.807) is 25.3 Å². The number of allylic oxidation sites excluding steroid dienone is 4. The van der Waals surface area contributed by atoms with E-state index in [0.29, 0.717) is 10.2 Å². The van der Waals surface area contributed by atoms with Crippen LogP contribution in [0.1, 0.15) is 0 Å². The fraction of sp³-hybridized carbons (Fsp3) is 0.200. The van der Waals surface area contributed by atoms with Crippen LogP contribution in [0.15, 0.2) is 39.7 Å². The van der Waals surface area contributed by atoms with Gasteiger partial charge in [-0.3, -0.25) is 9.79 Å². The molecule has 0 bridgehead atoms. The van der Waals surface area contributed by atoms with Gasteiger partial charge < -0.3 is 4.74 Å². The number of rotatable bonds is 1. The number of aliphatic imine (C=N–C) groups is 1. The van der Waals surface area contributed by atoms with Crippen molar-refractivity contribution >= 4 is 27.4 Å². The van der Waals surface area contributed by atoms with Crippen molar-refractivity contribution in [3.63, 3.8) is 0 Å². The van der Waals surface area contributed by atoms with Gasteiger partial charge in [0.25, 0.3) is 0 Å². The third-order valence-electron chi connectivity index (χ3n) is 2.15. The van der Waals surface area contributed by atoms with Crippen molar-refractivity contribution < 1.29 is 9.53 Å². The Morgan fingerprint density at radius 3 is 3.00 bits per heavy atom. The molecular weight excluding hydrogens is 246 g/mol. The Balaban J connectivity index is 2.39. The van der Waals surface area contributed by atoms with Crippen LogP contribution in [0.25, 0.3) is 0 Å². The third kappa shape index (κ3) is 1.46. The summed E-state index contributed by atoms with van der Waals surface area (Å²) in [5, 5.41) is 0. The molecular formula is C10H8BrNO2. The smallest absolute Gasteiger partial charge is 0.184 e. The first kappa shape index (κ1) is 9.40. The highest BCUT2D eigenvalue weighted by atomic mass is 79.9. The van der Waals surface area contributed by atoms with Gasteiger partial charge in [0.15, 0.2) is 5.78 Å². The molecule has 0 amide bonds. The van der Waals surface area contributed by atoms with Gasteiger partial charge in [-0.1, -0.05) is 0 Å². The van der Waals surface area contributed by atoms with Gasteiger partial charge in [-0.25, -0.2) is 0 Å². The minimum Gasteiger partial charge on any atom is -0.497 e. The van der Waals surface area contributed by atoms with Gasteiger partial charge in [0.2, 0.25) is 0 Å². The summed E-state index contributed by atoms with van der Waals surface area (Å²) in [6.45, 7) is 0. The van der Waals surface area contributed by atoms with Crippen LogP contribution in [0.3, 0.4) is 0 Å². The molecule has 3 nitrogen and oxygen atoms in total. The molecule has 1 aliphatic heterocycles. The largest absolute Gasteiger partial charge is 0.497 e.